The van der Waals surface area contributed by atoms with Crippen LogP contribution in [0.15, 0.2) is 5.38 Å². The van der Waals surface area contributed by atoms with Crippen molar-refractivity contribution in [3.8, 4) is 0 Å². The second-order valence-electron chi connectivity index (χ2n) is 5.19. The molecule has 0 aliphatic heterocycles. The van der Waals surface area contributed by atoms with Crippen molar-refractivity contribution < 1.29 is 5.11 Å². The molecule has 0 aliphatic carbocycles. The molecule has 1 aromatic rings. The predicted octanol–water partition coefficient (Wildman–Crippen LogP) is 2.30. The van der Waals surface area contributed by atoms with E-state index in [1.165, 1.54) is 5.01 Å². The van der Waals surface area contributed by atoms with E-state index in [0.717, 1.165) is 18.7 Å². The molecule has 0 aromatic carbocycles. The van der Waals surface area contributed by atoms with Gasteiger partial charge in [-0.05, 0) is 13.3 Å². The Morgan fingerprint density at radius 3 is 2.69 bits per heavy atom. The fourth-order valence-corrected chi connectivity index (χ4v) is 2.21. The fourth-order valence-electron chi connectivity index (χ4n) is 1.31. The Labute approximate surface area is 102 Å². The molecule has 0 aliphatic rings. The second-order valence-corrected chi connectivity index (χ2v) is 6.05. The molecule has 0 saturated heterocycles. The lowest BCUT2D eigenvalue weighted by molar-refractivity contribution is 0.268. The molecule has 0 bridgehead atoms. The van der Waals surface area contributed by atoms with Gasteiger partial charge < -0.3 is 10.4 Å². The van der Waals surface area contributed by atoms with Crippen molar-refractivity contribution in [3.63, 3.8) is 0 Å². The summed E-state index contributed by atoms with van der Waals surface area (Å²) in [5.41, 5.74) is 1.24. The molecule has 92 valence electrons. The van der Waals surface area contributed by atoms with Crippen LogP contribution in [0.5, 0.6) is 0 Å². The predicted molar refractivity (Wildman–Crippen MR) is 68.8 cm³/mol. The van der Waals surface area contributed by atoms with E-state index in [1.807, 2.05) is 0 Å². The largest absolute Gasteiger partial charge is 0.396 e. The van der Waals surface area contributed by atoms with E-state index in [9.17, 15) is 0 Å². The minimum atomic E-state index is 0.139. The summed E-state index contributed by atoms with van der Waals surface area (Å²) in [6, 6.07) is 0.338. The van der Waals surface area contributed by atoms with Crippen molar-refractivity contribution >= 4 is 11.3 Å². The molecule has 1 rings (SSSR count). The highest BCUT2D eigenvalue weighted by atomic mass is 32.1. The van der Waals surface area contributed by atoms with Gasteiger partial charge in [-0.15, -0.1) is 11.3 Å². The van der Waals surface area contributed by atoms with E-state index in [4.69, 9.17) is 5.11 Å². The van der Waals surface area contributed by atoms with E-state index in [0.29, 0.717) is 6.04 Å². The smallest absolute Gasteiger partial charge is 0.0982 e. The number of nitrogens with one attached hydrogen (secondary N) is 1. The molecule has 1 unspecified atom stereocenters. The third-order valence-corrected chi connectivity index (χ3v) is 3.70. The fraction of sp³-hybridized carbons (Fsp3) is 0.750. The maximum absolute atomic E-state index is 8.79. The number of aliphatic hydroxyl groups is 1. The number of aromatic nitrogens is 1. The van der Waals surface area contributed by atoms with Crippen LogP contribution in [-0.2, 0) is 12.0 Å². The van der Waals surface area contributed by atoms with Gasteiger partial charge in [-0.1, -0.05) is 20.8 Å². The molecule has 0 saturated carbocycles. The minimum Gasteiger partial charge on any atom is -0.396 e. The van der Waals surface area contributed by atoms with Crippen molar-refractivity contribution in [2.24, 2.45) is 0 Å². The normalized spacial score (nSPS) is 14.1. The van der Waals surface area contributed by atoms with Gasteiger partial charge in [0.2, 0.25) is 0 Å². The summed E-state index contributed by atoms with van der Waals surface area (Å²) in [7, 11) is 0. The van der Waals surface area contributed by atoms with Crippen molar-refractivity contribution in [2.75, 3.05) is 6.61 Å². The van der Waals surface area contributed by atoms with Gasteiger partial charge in [-0.25, -0.2) is 4.98 Å². The summed E-state index contributed by atoms with van der Waals surface area (Å²) in [5.74, 6) is 0. The molecule has 1 aromatic heterocycles. The molecule has 1 atom stereocenters. The molecule has 0 fully saturated rings. The Balaban J connectivity index is 2.47. The summed E-state index contributed by atoms with van der Waals surface area (Å²) < 4.78 is 0. The van der Waals surface area contributed by atoms with E-state index in [2.05, 4.69) is 43.4 Å². The number of nitrogens with zero attached hydrogens (tertiary/aromatic N) is 1. The zero-order valence-electron chi connectivity index (χ0n) is 10.6. The number of thiazole rings is 1. The Kier molecular flexibility index (Phi) is 4.89. The number of hydrogen-bond acceptors (Lipinski definition) is 4. The van der Waals surface area contributed by atoms with Gasteiger partial charge in [0.15, 0.2) is 0 Å². The second kappa shape index (κ2) is 5.75. The molecule has 2 N–H and O–H groups in total. The average molecular weight is 242 g/mol. The molecule has 16 heavy (non-hydrogen) atoms. The van der Waals surface area contributed by atoms with E-state index in [1.54, 1.807) is 11.3 Å². The summed E-state index contributed by atoms with van der Waals surface area (Å²) in [4.78, 5) is 4.61. The third kappa shape index (κ3) is 4.20. The van der Waals surface area contributed by atoms with Crippen LogP contribution in [0.4, 0.5) is 0 Å². The van der Waals surface area contributed by atoms with Crippen LogP contribution in [0.3, 0.4) is 0 Å². The first kappa shape index (κ1) is 13.6. The average Bonchev–Trinajstić information content (AvgIpc) is 2.63. The Morgan fingerprint density at radius 2 is 2.19 bits per heavy atom. The highest BCUT2D eigenvalue weighted by Gasteiger charge is 2.17. The van der Waals surface area contributed by atoms with Crippen molar-refractivity contribution in [1.29, 1.82) is 0 Å². The van der Waals surface area contributed by atoms with Gasteiger partial charge in [0, 0.05) is 30.0 Å². The SMILES string of the molecule is CC(CCO)NCc1csc(C(C)(C)C)n1. The summed E-state index contributed by atoms with van der Waals surface area (Å²) in [6.45, 7) is 9.63. The Hall–Kier alpha value is -0.450. The van der Waals surface area contributed by atoms with Gasteiger partial charge in [0.05, 0.1) is 10.7 Å². The van der Waals surface area contributed by atoms with Crippen LogP contribution in [0.25, 0.3) is 0 Å². The monoisotopic (exact) mass is 242 g/mol. The maximum Gasteiger partial charge on any atom is 0.0982 e. The standard InChI is InChI=1S/C12H22N2OS/c1-9(5-6-15)13-7-10-8-16-11(14-10)12(2,3)4/h8-9,13,15H,5-7H2,1-4H3. The van der Waals surface area contributed by atoms with E-state index >= 15 is 0 Å². The van der Waals surface area contributed by atoms with E-state index in [-0.39, 0.29) is 12.0 Å². The number of aliphatic hydroxyl groups excluding tert-OH is 1. The number of hydrogen-bond donors (Lipinski definition) is 2. The lowest BCUT2D eigenvalue weighted by Crippen LogP contribution is -2.26. The highest BCUT2D eigenvalue weighted by Crippen LogP contribution is 2.25. The van der Waals surface area contributed by atoms with Gasteiger partial charge in [-0.2, -0.15) is 0 Å². The van der Waals surface area contributed by atoms with Crippen molar-refractivity contribution in [3.05, 3.63) is 16.1 Å². The zero-order valence-corrected chi connectivity index (χ0v) is 11.4. The van der Waals surface area contributed by atoms with Crippen LogP contribution < -0.4 is 5.32 Å². The lowest BCUT2D eigenvalue weighted by Gasteiger charge is -2.14. The van der Waals surface area contributed by atoms with Crippen LogP contribution in [0.2, 0.25) is 0 Å². The van der Waals surface area contributed by atoms with Crippen LogP contribution in [0.1, 0.15) is 44.8 Å². The molecule has 0 spiro atoms. The van der Waals surface area contributed by atoms with Crippen LogP contribution >= 0.6 is 11.3 Å². The summed E-state index contributed by atoms with van der Waals surface area (Å²) in [6.07, 6.45) is 0.788. The molecule has 1 heterocycles. The lowest BCUT2D eigenvalue weighted by atomic mass is 9.98. The van der Waals surface area contributed by atoms with Gasteiger partial charge in [0.25, 0.3) is 0 Å². The molecule has 0 radical (unpaired) electrons. The Morgan fingerprint density at radius 1 is 1.50 bits per heavy atom. The first-order valence-electron chi connectivity index (χ1n) is 5.72. The molecular formula is C12H22N2OS. The highest BCUT2D eigenvalue weighted by molar-refractivity contribution is 7.09. The molecular weight excluding hydrogens is 220 g/mol. The minimum absolute atomic E-state index is 0.139. The molecule has 4 heteroatoms. The quantitative estimate of drug-likeness (QED) is 0.833. The van der Waals surface area contributed by atoms with Gasteiger partial charge in [-0.3, -0.25) is 0 Å². The maximum atomic E-state index is 8.79. The summed E-state index contributed by atoms with van der Waals surface area (Å²) >= 11 is 1.72. The molecule has 0 amide bonds. The summed E-state index contributed by atoms with van der Waals surface area (Å²) in [5, 5.41) is 15.4. The van der Waals surface area contributed by atoms with Gasteiger partial charge in [0.1, 0.15) is 0 Å². The van der Waals surface area contributed by atoms with Crippen LogP contribution in [0, 0.1) is 0 Å². The van der Waals surface area contributed by atoms with Crippen molar-refractivity contribution in [2.45, 2.75) is 52.1 Å². The molecule has 3 nitrogen and oxygen atoms in total. The Bertz CT molecular complexity index is 317. The first-order chi connectivity index (χ1) is 7.43. The van der Waals surface area contributed by atoms with Crippen LogP contribution in [-0.4, -0.2) is 22.7 Å². The third-order valence-electron chi connectivity index (χ3n) is 2.39. The topological polar surface area (TPSA) is 45.1 Å². The van der Waals surface area contributed by atoms with E-state index < -0.39 is 0 Å². The number of rotatable bonds is 5. The van der Waals surface area contributed by atoms with Gasteiger partial charge >= 0.3 is 0 Å². The first-order valence-corrected chi connectivity index (χ1v) is 6.60. The van der Waals surface area contributed by atoms with Crippen molar-refractivity contribution in [1.82, 2.24) is 10.3 Å². The zero-order chi connectivity index (χ0) is 12.2.